The van der Waals surface area contributed by atoms with E-state index in [4.69, 9.17) is 11.6 Å². The number of hydrogen-bond acceptors (Lipinski definition) is 3. The van der Waals surface area contributed by atoms with E-state index in [0.717, 1.165) is 42.0 Å². The van der Waals surface area contributed by atoms with Crippen LogP contribution in [0.2, 0.25) is 5.02 Å². The van der Waals surface area contributed by atoms with E-state index in [1.807, 2.05) is 37.5 Å². The highest BCUT2D eigenvalue weighted by molar-refractivity contribution is 6.30. The molecule has 1 saturated heterocycles. The largest absolute Gasteiger partial charge is 0.357 e. The molecule has 0 atom stereocenters. The summed E-state index contributed by atoms with van der Waals surface area (Å²) in [4.78, 5) is 13.4. The van der Waals surface area contributed by atoms with Crippen LogP contribution < -0.4 is 10.2 Å². The first-order valence-electron chi connectivity index (χ1n) is 9.02. The zero-order valence-electron chi connectivity index (χ0n) is 15.5. The molecule has 0 spiro atoms. The lowest BCUT2D eigenvalue weighted by Crippen LogP contribution is -2.38. The van der Waals surface area contributed by atoms with Crippen LogP contribution in [-0.4, -0.2) is 43.0 Å². The average Bonchev–Trinajstić information content (AvgIpc) is 3.19. The van der Waals surface area contributed by atoms with Gasteiger partial charge < -0.3 is 15.1 Å². The first kappa shape index (κ1) is 18.5. The quantitative estimate of drug-likeness (QED) is 0.645. The van der Waals surface area contributed by atoms with Crippen LogP contribution in [0.4, 0.5) is 5.82 Å². The summed E-state index contributed by atoms with van der Waals surface area (Å²) in [6, 6.07) is 12.1. The Balaban J connectivity index is 1.53. The Morgan fingerprint density at radius 2 is 1.85 bits per heavy atom. The van der Waals surface area contributed by atoms with E-state index < -0.39 is 0 Å². The number of hydrogen-bond donors (Lipinski definition) is 1. The summed E-state index contributed by atoms with van der Waals surface area (Å²) >= 11 is 5.95. The number of rotatable bonds is 5. The van der Waals surface area contributed by atoms with Gasteiger partial charge in [-0.2, -0.15) is 0 Å². The summed E-state index contributed by atoms with van der Waals surface area (Å²) in [6.45, 7) is 3.70. The van der Waals surface area contributed by atoms with Gasteiger partial charge in [0.05, 0.1) is 0 Å². The van der Waals surface area contributed by atoms with Crippen molar-refractivity contribution in [2.45, 2.75) is 25.9 Å². The van der Waals surface area contributed by atoms with Crippen molar-refractivity contribution in [1.82, 2.24) is 15.2 Å². The Hall–Kier alpha value is -2.27. The zero-order valence-corrected chi connectivity index (χ0v) is 16.2. The summed E-state index contributed by atoms with van der Waals surface area (Å²) in [5.74, 6) is 1.93. The van der Waals surface area contributed by atoms with E-state index in [1.165, 1.54) is 18.4 Å². The molecule has 1 fully saturated rings. The molecule has 1 N–H and O–H groups in total. The fourth-order valence-electron chi connectivity index (χ4n) is 3.16. The van der Waals surface area contributed by atoms with Gasteiger partial charge in [0.1, 0.15) is 5.82 Å². The number of anilines is 1. The average molecular weight is 372 g/mol. The SMILES string of the molecule is CN=C(NCc1ccc(N2CCCC2)nc1)N(C)Cc1ccc(Cl)cc1. The number of benzene rings is 1. The van der Waals surface area contributed by atoms with Gasteiger partial charge in [0, 0.05) is 51.5 Å². The van der Waals surface area contributed by atoms with Crippen molar-refractivity contribution in [3.05, 3.63) is 58.7 Å². The molecule has 2 aromatic rings. The summed E-state index contributed by atoms with van der Waals surface area (Å²) in [6.07, 6.45) is 4.48. The predicted octanol–water partition coefficient (Wildman–Crippen LogP) is 3.54. The Kier molecular flexibility index (Phi) is 6.34. The molecule has 0 amide bonds. The molecule has 0 saturated carbocycles. The van der Waals surface area contributed by atoms with Gasteiger partial charge in [0.15, 0.2) is 5.96 Å². The van der Waals surface area contributed by atoms with E-state index in [1.54, 1.807) is 7.05 Å². The maximum atomic E-state index is 5.95. The van der Waals surface area contributed by atoms with Gasteiger partial charge in [0.25, 0.3) is 0 Å². The van der Waals surface area contributed by atoms with E-state index in [9.17, 15) is 0 Å². The molecule has 26 heavy (non-hydrogen) atoms. The van der Waals surface area contributed by atoms with E-state index in [0.29, 0.717) is 6.54 Å². The monoisotopic (exact) mass is 371 g/mol. The lowest BCUT2D eigenvalue weighted by Gasteiger charge is -2.22. The van der Waals surface area contributed by atoms with Crippen molar-refractivity contribution in [3.8, 4) is 0 Å². The van der Waals surface area contributed by atoms with E-state index in [-0.39, 0.29) is 0 Å². The van der Waals surface area contributed by atoms with Gasteiger partial charge in [-0.05, 0) is 42.2 Å². The second kappa shape index (κ2) is 8.90. The first-order chi connectivity index (χ1) is 12.7. The van der Waals surface area contributed by atoms with Gasteiger partial charge in [-0.1, -0.05) is 29.8 Å². The molecular weight excluding hydrogens is 346 g/mol. The minimum absolute atomic E-state index is 0.699. The van der Waals surface area contributed by atoms with Crippen molar-refractivity contribution in [1.29, 1.82) is 0 Å². The van der Waals surface area contributed by atoms with Crippen LogP contribution in [0.5, 0.6) is 0 Å². The molecule has 0 bridgehead atoms. The van der Waals surface area contributed by atoms with E-state index in [2.05, 4.69) is 37.2 Å². The Labute approximate surface area is 160 Å². The second-order valence-electron chi connectivity index (χ2n) is 6.60. The molecule has 1 aromatic carbocycles. The Bertz CT molecular complexity index is 721. The van der Waals surface area contributed by atoms with E-state index >= 15 is 0 Å². The van der Waals surface area contributed by atoms with Gasteiger partial charge in [-0.25, -0.2) is 4.98 Å². The van der Waals surface area contributed by atoms with Crippen LogP contribution in [-0.2, 0) is 13.1 Å². The molecule has 0 aliphatic carbocycles. The number of pyridine rings is 1. The molecule has 0 radical (unpaired) electrons. The zero-order chi connectivity index (χ0) is 18.4. The third kappa shape index (κ3) is 4.88. The minimum atomic E-state index is 0.699. The first-order valence-corrected chi connectivity index (χ1v) is 9.39. The van der Waals surface area contributed by atoms with Gasteiger partial charge in [-0.3, -0.25) is 4.99 Å². The predicted molar refractivity (Wildman–Crippen MR) is 109 cm³/mol. The number of nitrogens with one attached hydrogen (secondary N) is 1. The number of nitrogens with zero attached hydrogens (tertiary/aromatic N) is 4. The third-order valence-electron chi connectivity index (χ3n) is 4.60. The normalized spacial score (nSPS) is 14.6. The standard InChI is InChI=1S/C20H26ClN5/c1-22-20(25(2)15-16-5-8-18(21)9-6-16)24-14-17-7-10-19(23-13-17)26-11-3-4-12-26/h5-10,13H,3-4,11-12,14-15H2,1-2H3,(H,22,24). The van der Waals surface area contributed by atoms with Gasteiger partial charge in [-0.15, -0.1) is 0 Å². The molecule has 1 aromatic heterocycles. The fraction of sp³-hybridized carbons (Fsp3) is 0.400. The van der Waals surface area contributed by atoms with Crippen molar-refractivity contribution in [2.75, 3.05) is 32.1 Å². The van der Waals surface area contributed by atoms with Crippen molar-refractivity contribution in [2.24, 2.45) is 4.99 Å². The molecule has 1 aliphatic heterocycles. The topological polar surface area (TPSA) is 43.8 Å². The van der Waals surface area contributed by atoms with Crippen molar-refractivity contribution in [3.63, 3.8) is 0 Å². The molecular formula is C20H26ClN5. The third-order valence-corrected chi connectivity index (χ3v) is 4.85. The highest BCUT2D eigenvalue weighted by Gasteiger charge is 2.13. The minimum Gasteiger partial charge on any atom is -0.357 e. The molecule has 6 heteroatoms. The number of halogens is 1. The molecule has 1 aliphatic rings. The summed E-state index contributed by atoms with van der Waals surface area (Å²) < 4.78 is 0. The van der Waals surface area contributed by atoms with Crippen molar-refractivity contribution >= 4 is 23.4 Å². The number of guanidine groups is 1. The van der Waals surface area contributed by atoms with Gasteiger partial charge >= 0.3 is 0 Å². The summed E-state index contributed by atoms with van der Waals surface area (Å²) in [7, 11) is 3.83. The van der Waals surface area contributed by atoms with Gasteiger partial charge in [0.2, 0.25) is 0 Å². The van der Waals surface area contributed by atoms with Crippen LogP contribution in [0, 0.1) is 0 Å². The molecule has 3 rings (SSSR count). The molecule has 138 valence electrons. The van der Waals surface area contributed by atoms with Crippen molar-refractivity contribution < 1.29 is 0 Å². The summed E-state index contributed by atoms with van der Waals surface area (Å²) in [5, 5.41) is 4.16. The lowest BCUT2D eigenvalue weighted by atomic mass is 10.2. The number of aliphatic imine (C=N–C) groups is 1. The smallest absolute Gasteiger partial charge is 0.193 e. The van der Waals surface area contributed by atoms with Crippen LogP contribution in [0.3, 0.4) is 0 Å². The molecule has 5 nitrogen and oxygen atoms in total. The number of aromatic nitrogens is 1. The van der Waals surface area contributed by atoms with Crippen LogP contribution in [0.25, 0.3) is 0 Å². The Morgan fingerprint density at radius 3 is 2.46 bits per heavy atom. The second-order valence-corrected chi connectivity index (χ2v) is 7.04. The maximum Gasteiger partial charge on any atom is 0.193 e. The van der Waals surface area contributed by atoms with Crippen LogP contribution >= 0.6 is 11.6 Å². The lowest BCUT2D eigenvalue weighted by molar-refractivity contribution is 0.476. The summed E-state index contributed by atoms with van der Waals surface area (Å²) in [5.41, 5.74) is 2.34. The molecule has 2 heterocycles. The Morgan fingerprint density at radius 1 is 1.15 bits per heavy atom. The fourth-order valence-corrected chi connectivity index (χ4v) is 3.28. The van der Waals surface area contributed by atoms with Crippen LogP contribution in [0.1, 0.15) is 24.0 Å². The molecule has 0 unspecified atom stereocenters. The highest BCUT2D eigenvalue weighted by Crippen LogP contribution is 2.17. The van der Waals surface area contributed by atoms with Crippen LogP contribution in [0.15, 0.2) is 47.6 Å². The highest BCUT2D eigenvalue weighted by atomic mass is 35.5. The maximum absolute atomic E-state index is 5.95.